The Morgan fingerprint density at radius 1 is 1.35 bits per heavy atom. The fourth-order valence-corrected chi connectivity index (χ4v) is 3.02. The number of benzene rings is 1. The molecule has 1 aromatic carbocycles. The number of amides is 1. The van der Waals surface area contributed by atoms with E-state index >= 15 is 0 Å². The van der Waals surface area contributed by atoms with Gasteiger partial charge in [-0.2, -0.15) is 0 Å². The van der Waals surface area contributed by atoms with Gasteiger partial charge >= 0.3 is 0 Å². The van der Waals surface area contributed by atoms with Gasteiger partial charge in [0.1, 0.15) is 11.6 Å². The molecule has 5 heteroatoms. The van der Waals surface area contributed by atoms with Crippen LogP contribution in [0.3, 0.4) is 0 Å². The van der Waals surface area contributed by atoms with E-state index in [1.165, 1.54) is 0 Å². The van der Waals surface area contributed by atoms with Gasteiger partial charge in [-0.3, -0.25) is 4.79 Å². The van der Waals surface area contributed by atoms with Crippen LogP contribution in [0.4, 0.5) is 8.78 Å². The molecule has 0 aliphatic heterocycles. The third-order valence-corrected chi connectivity index (χ3v) is 4.13. The van der Waals surface area contributed by atoms with Crippen LogP contribution in [0.25, 0.3) is 0 Å². The normalized spacial score (nSPS) is 25.1. The Hall–Kier alpha value is -1.49. The molecule has 0 aromatic heterocycles. The van der Waals surface area contributed by atoms with Gasteiger partial charge in [0.2, 0.25) is 5.91 Å². The highest BCUT2D eigenvalue weighted by atomic mass is 19.1. The second-order valence-corrected chi connectivity index (χ2v) is 5.35. The standard InChI is InChI=1S/C15H20F2N2O/c1-3-19(4-2)14(20)15(8-11(18)9-15)12-7-10(16)5-6-13(12)17/h5-7,11H,3-4,8-9,18H2,1-2H3/t11-,15-. The van der Waals surface area contributed by atoms with E-state index in [4.69, 9.17) is 5.73 Å². The minimum Gasteiger partial charge on any atom is -0.342 e. The topological polar surface area (TPSA) is 46.3 Å². The minimum atomic E-state index is -1.00. The Labute approximate surface area is 117 Å². The molecule has 0 saturated heterocycles. The lowest BCUT2D eigenvalue weighted by atomic mass is 9.60. The quantitative estimate of drug-likeness (QED) is 0.920. The van der Waals surface area contributed by atoms with Crippen LogP contribution in [0.2, 0.25) is 0 Å². The first kappa shape index (κ1) is 14.9. The lowest BCUT2D eigenvalue weighted by Gasteiger charge is -2.47. The molecule has 110 valence electrons. The van der Waals surface area contributed by atoms with Crippen molar-refractivity contribution in [2.24, 2.45) is 5.73 Å². The van der Waals surface area contributed by atoms with Crippen molar-refractivity contribution in [1.82, 2.24) is 4.90 Å². The minimum absolute atomic E-state index is 0.135. The van der Waals surface area contributed by atoms with Crippen molar-refractivity contribution in [3.8, 4) is 0 Å². The lowest BCUT2D eigenvalue weighted by Crippen LogP contribution is -2.59. The summed E-state index contributed by atoms with van der Waals surface area (Å²) < 4.78 is 27.5. The van der Waals surface area contributed by atoms with E-state index in [1.54, 1.807) is 4.90 Å². The monoisotopic (exact) mass is 282 g/mol. The first-order valence-corrected chi connectivity index (χ1v) is 6.95. The molecular weight excluding hydrogens is 262 g/mol. The van der Waals surface area contributed by atoms with Crippen molar-refractivity contribution in [3.63, 3.8) is 0 Å². The van der Waals surface area contributed by atoms with Gasteiger partial charge in [0.25, 0.3) is 0 Å². The first-order valence-electron chi connectivity index (χ1n) is 6.95. The molecule has 3 nitrogen and oxygen atoms in total. The lowest BCUT2D eigenvalue weighted by molar-refractivity contribution is -0.141. The molecule has 2 N–H and O–H groups in total. The van der Waals surface area contributed by atoms with E-state index in [0.29, 0.717) is 25.9 Å². The molecule has 0 unspecified atom stereocenters. The largest absolute Gasteiger partial charge is 0.342 e. The van der Waals surface area contributed by atoms with E-state index < -0.39 is 17.0 Å². The number of rotatable bonds is 4. The van der Waals surface area contributed by atoms with Crippen LogP contribution in [0.1, 0.15) is 32.3 Å². The molecule has 0 heterocycles. The molecule has 1 aliphatic carbocycles. The van der Waals surface area contributed by atoms with E-state index in [1.807, 2.05) is 13.8 Å². The average Bonchev–Trinajstić information content (AvgIpc) is 2.39. The van der Waals surface area contributed by atoms with Crippen LogP contribution in [0, 0.1) is 11.6 Å². The SMILES string of the molecule is CCN(CC)C(=O)[C@]1(c2cc(F)ccc2F)C[C@@H](N)C1. The van der Waals surface area contributed by atoms with Crippen LogP contribution < -0.4 is 5.73 Å². The second-order valence-electron chi connectivity index (χ2n) is 5.35. The summed E-state index contributed by atoms with van der Waals surface area (Å²) in [5.74, 6) is -1.24. The number of halogens is 2. The summed E-state index contributed by atoms with van der Waals surface area (Å²) in [5.41, 5.74) is 4.95. The van der Waals surface area contributed by atoms with Crippen molar-refractivity contribution < 1.29 is 13.6 Å². The molecule has 1 fully saturated rings. The maximum Gasteiger partial charge on any atom is 0.233 e. The van der Waals surface area contributed by atoms with Gasteiger partial charge < -0.3 is 10.6 Å². The summed E-state index contributed by atoms with van der Waals surface area (Å²) in [6.07, 6.45) is 0.728. The van der Waals surface area contributed by atoms with Crippen molar-refractivity contribution in [3.05, 3.63) is 35.4 Å². The summed E-state index contributed by atoms with van der Waals surface area (Å²) in [7, 11) is 0. The zero-order valence-corrected chi connectivity index (χ0v) is 11.8. The third-order valence-electron chi connectivity index (χ3n) is 4.13. The predicted molar refractivity (Wildman–Crippen MR) is 73.2 cm³/mol. The Morgan fingerprint density at radius 3 is 2.45 bits per heavy atom. The molecule has 0 atom stereocenters. The van der Waals surface area contributed by atoms with Crippen LogP contribution in [-0.4, -0.2) is 29.9 Å². The highest BCUT2D eigenvalue weighted by Crippen LogP contribution is 2.45. The summed E-state index contributed by atoms with van der Waals surface area (Å²) in [5, 5.41) is 0. The van der Waals surface area contributed by atoms with Gasteiger partial charge in [-0.15, -0.1) is 0 Å². The Bertz CT molecular complexity index is 509. The second kappa shape index (κ2) is 5.48. The molecular formula is C15H20F2N2O. The molecule has 20 heavy (non-hydrogen) atoms. The predicted octanol–water partition coefficient (Wildman–Crippen LogP) is 2.19. The van der Waals surface area contributed by atoms with Crippen molar-refractivity contribution in [2.45, 2.75) is 38.1 Å². The fourth-order valence-electron chi connectivity index (χ4n) is 3.02. The Balaban J connectivity index is 2.45. The van der Waals surface area contributed by atoms with Crippen LogP contribution >= 0.6 is 0 Å². The summed E-state index contributed by atoms with van der Waals surface area (Å²) in [4.78, 5) is 14.3. The molecule has 1 aliphatic rings. The van der Waals surface area contributed by atoms with Gasteiger partial charge in [0.05, 0.1) is 5.41 Å². The highest BCUT2D eigenvalue weighted by Gasteiger charge is 2.52. The maximum atomic E-state index is 14.1. The number of nitrogens with two attached hydrogens (primary N) is 1. The van der Waals surface area contributed by atoms with E-state index in [0.717, 1.165) is 18.2 Å². The Kier molecular flexibility index (Phi) is 4.09. The number of carbonyl (C=O) groups is 1. The molecule has 2 rings (SSSR count). The van der Waals surface area contributed by atoms with Gasteiger partial charge in [0.15, 0.2) is 0 Å². The Morgan fingerprint density at radius 2 is 1.95 bits per heavy atom. The van der Waals surface area contributed by atoms with Gasteiger partial charge in [0, 0.05) is 24.7 Å². The van der Waals surface area contributed by atoms with Gasteiger partial charge in [-0.25, -0.2) is 8.78 Å². The third kappa shape index (κ3) is 2.30. The van der Waals surface area contributed by atoms with Crippen molar-refractivity contribution >= 4 is 5.91 Å². The number of nitrogens with zero attached hydrogens (tertiary/aromatic N) is 1. The molecule has 0 spiro atoms. The summed E-state index contributed by atoms with van der Waals surface area (Å²) in [6, 6.07) is 3.12. The molecule has 0 radical (unpaired) electrons. The molecule has 1 amide bonds. The molecule has 0 bridgehead atoms. The first-order chi connectivity index (χ1) is 9.44. The number of hydrogen-bond acceptors (Lipinski definition) is 2. The van der Waals surface area contributed by atoms with Crippen LogP contribution in [0.15, 0.2) is 18.2 Å². The molecule has 1 aromatic rings. The van der Waals surface area contributed by atoms with Crippen molar-refractivity contribution in [1.29, 1.82) is 0 Å². The highest BCUT2D eigenvalue weighted by molar-refractivity contribution is 5.89. The number of likely N-dealkylation sites (N-methyl/N-ethyl adjacent to an activating group) is 1. The molecule has 1 saturated carbocycles. The smallest absolute Gasteiger partial charge is 0.233 e. The average molecular weight is 282 g/mol. The van der Waals surface area contributed by atoms with E-state index in [-0.39, 0.29) is 17.5 Å². The van der Waals surface area contributed by atoms with E-state index in [2.05, 4.69) is 0 Å². The van der Waals surface area contributed by atoms with E-state index in [9.17, 15) is 13.6 Å². The van der Waals surface area contributed by atoms with Crippen LogP contribution in [-0.2, 0) is 10.2 Å². The number of hydrogen-bond donors (Lipinski definition) is 1. The van der Waals surface area contributed by atoms with Gasteiger partial charge in [-0.1, -0.05) is 0 Å². The summed E-state index contributed by atoms with van der Waals surface area (Å²) in [6.45, 7) is 4.83. The zero-order chi connectivity index (χ0) is 14.9. The van der Waals surface area contributed by atoms with Crippen molar-refractivity contribution in [2.75, 3.05) is 13.1 Å². The summed E-state index contributed by atoms with van der Waals surface area (Å²) >= 11 is 0. The number of carbonyl (C=O) groups excluding carboxylic acids is 1. The maximum absolute atomic E-state index is 14.1. The van der Waals surface area contributed by atoms with Gasteiger partial charge in [-0.05, 0) is 44.9 Å². The zero-order valence-electron chi connectivity index (χ0n) is 11.8. The fraction of sp³-hybridized carbons (Fsp3) is 0.533. The van der Waals surface area contributed by atoms with Crippen LogP contribution in [0.5, 0.6) is 0 Å².